The molecular weight excluding hydrogens is 374 g/mol. The average molecular weight is 401 g/mol. The SMILES string of the molecule is CN(C)C1CC(C2=C3C=NC=C[N+]3(N)C(c3ccc(Oc4ccccc4)cc3)=N2)C1. The molecule has 6 heteroatoms. The fourth-order valence-electron chi connectivity index (χ4n) is 4.24. The largest absolute Gasteiger partial charge is 0.457 e. The molecule has 6 nitrogen and oxygen atoms in total. The van der Waals surface area contributed by atoms with Crippen molar-refractivity contribution in [1.82, 2.24) is 4.90 Å². The third-order valence-corrected chi connectivity index (χ3v) is 6.14. The van der Waals surface area contributed by atoms with E-state index in [4.69, 9.17) is 15.6 Å². The quantitative estimate of drug-likeness (QED) is 0.609. The second-order valence-corrected chi connectivity index (χ2v) is 8.28. The van der Waals surface area contributed by atoms with E-state index in [1.807, 2.05) is 67.0 Å². The third-order valence-electron chi connectivity index (χ3n) is 6.14. The summed E-state index contributed by atoms with van der Waals surface area (Å²) in [6.07, 6.45) is 7.71. The molecule has 0 saturated heterocycles. The number of hydrogen-bond donors (Lipinski definition) is 1. The molecule has 1 saturated carbocycles. The highest BCUT2D eigenvalue weighted by molar-refractivity contribution is 6.00. The Hall–Kier alpha value is -3.06. The molecule has 0 amide bonds. The van der Waals surface area contributed by atoms with Crippen molar-refractivity contribution in [3.05, 3.63) is 84.0 Å². The maximum atomic E-state index is 6.83. The number of allylic oxidation sites excluding steroid dienone is 2. The van der Waals surface area contributed by atoms with Crippen molar-refractivity contribution < 1.29 is 9.33 Å². The minimum atomic E-state index is 0.0703. The Labute approximate surface area is 176 Å². The molecule has 0 aromatic heterocycles. The van der Waals surface area contributed by atoms with Gasteiger partial charge in [0.1, 0.15) is 23.4 Å². The fourth-order valence-corrected chi connectivity index (χ4v) is 4.24. The number of ether oxygens (including phenoxy) is 1. The molecule has 5 rings (SSSR count). The zero-order valence-electron chi connectivity index (χ0n) is 17.3. The van der Waals surface area contributed by atoms with E-state index in [1.165, 1.54) is 0 Å². The standard InChI is InChI=1S/C24H26N5O/c1-28(2)19-14-18(15-19)23-22-16-26-12-13-29(22,25)24(27-23)17-8-10-21(11-9-17)30-20-6-4-3-5-7-20/h3-13,16,18-19H,14-15,25H2,1-2H3/q+1. The first-order chi connectivity index (χ1) is 14.5. The molecule has 0 bridgehead atoms. The van der Waals surface area contributed by atoms with Crippen molar-refractivity contribution in [2.24, 2.45) is 21.7 Å². The highest BCUT2D eigenvalue weighted by Gasteiger charge is 2.48. The van der Waals surface area contributed by atoms with Crippen LogP contribution in [0.25, 0.3) is 0 Å². The molecule has 1 fully saturated rings. The molecule has 2 heterocycles. The summed E-state index contributed by atoms with van der Waals surface area (Å²) in [7, 11) is 4.27. The lowest BCUT2D eigenvalue weighted by molar-refractivity contribution is -0.750. The number of aliphatic imine (C=N–C) groups is 2. The Kier molecular flexibility index (Phi) is 4.62. The lowest BCUT2D eigenvalue weighted by Gasteiger charge is -2.39. The molecule has 0 radical (unpaired) electrons. The molecule has 2 aromatic rings. The highest BCUT2D eigenvalue weighted by atomic mass is 16.5. The lowest BCUT2D eigenvalue weighted by Crippen LogP contribution is -2.53. The predicted octanol–water partition coefficient (Wildman–Crippen LogP) is 4.04. The highest BCUT2D eigenvalue weighted by Crippen LogP contribution is 2.43. The van der Waals surface area contributed by atoms with Crippen molar-refractivity contribution in [1.29, 1.82) is 0 Å². The number of rotatable bonds is 5. The summed E-state index contributed by atoms with van der Waals surface area (Å²) in [6, 6.07) is 18.3. The van der Waals surface area contributed by atoms with E-state index >= 15 is 0 Å². The van der Waals surface area contributed by atoms with E-state index in [0.717, 1.165) is 47.1 Å². The van der Waals surface area contributed by atoms with Crippen molar-refractivity contribution in [3.8, 4) is 11.5 Å². The summed E-state index contributed by atoms with van der Waals surface area (Å²) in [5.74, 6) is 9.67. The van der Waals surface area contributed by atoms with E-state index in [9.17, 15) is 0 Å². The second-order valence-electron chi connectivity index (χ2n) is 8.28. The van der Waals surface area contributed by atoms with Crippen LogP contribution in [0, 0.1) is 5.92 Å². The van der Waals surface area contributed by atoms with Gasteiger partial charge in [-0.25, -0.2) is 0 Å². The van der Waals surface area contributed by atoms with Crippen LogP contribution in [0.3, 0.4) is 0 Å². The Morgan fingerprint density at radius 3 is 2.40 bits per heavy atom. The number of amidine groups is 1. The predicted molar refractivity (Wildman–Crippen MR) is 119 cm³/mol. The maximum absolute atomic E-state index is 6.83. The van der Waals surface area contributed by atoms with Gasteiger partial charge in [0.05, 0.1) is 18.0 Å². The Bertz CT molecular complexity index is 1060. The molecule has 0 spiro atoms. The van der Waals surface area contributed by atoms with Crippen LogP contribution in [0.5, 0.6) is 11.5 Å². The Morgan fingerprint density at radius 1 is 1.00 bits per heavy atom. The summed E-state index contributed by atoms with van der Waals surface area (Å²) in [6.45, 7) is 0. The van der Waals surface area contributed by atoms with Gasteiger partial charge in [-0.05, 0) is 63.3 Å². The van der Waals surface area contributed by atoms with Crippen molar-refractivity contribution >= 4 is 12.1 Å². The van der Waals surface area contributed by atoms with Crippen LogP contribution in [-0.2, 0) is 0 Å². The number of fused-ring (bicyclic) bond motifs is 1. The van der Waals surface area contributed by atoms with Crippen LogP contribution in [0.15, 0.2) is 88.4 Å². The number of hydrogen-bond acceptors (Lipinski definition) is 5. The van der Waals surface area contributed by atoms with E-state index in [0.29, 0.717) is 12.0 Å². The summed E-state index contributed by atoms with van der Waals surface area (Å²) < 4.78 is 5.99. The molecule has 1 aliphatic carbocycles. The zero-order chi connectivity index (χ0) is 20.7. The first kappa shape index (κ1) is 18.9. The van der Waals surface area contributed by atoms with Gasteiger partial charge in [0.25, 0.3) is 5.84 Å². The van der Waals surface area contributed by atoms with Crippen LogP contribution in [-0.4, -0.2) is 41.7 Å². The monoisotopic (exact) mass is 400 g/mol. The molecule has 30 heavy (non-hydrogen) atoms. The first-order valence-corrected chi connectivity index (χ1v) is 10.3. The van der Waals surface area contributed by atoms with Gasteiger partial charge in [-0.1, -0.05) is 18.2 Å². The van der Waals surface area contributed by atoms with Crippen molar-refractivity contribution in [2.45, 2.75) is 18.9 Å². The topological polar surface area (TPSA) is 63.2 Å². The van der Waals surface area contributed by atoms with Crippen molar-refractivity contribution in [3.63, 3.8) is 0 Å². The molecule has 2 aliphatic heterocycles. The zero-order valence-corrected chi connectivity index (χ0v) is 17.3. The Balaban J connectivity index is 1.42. The van der Waals surface area contributed by atoms with Crippen LogP contribution in [0.2, 0.25) is 0 Å². The van der Waals surface area contributed by atoms with E-state index in [1.54, 1.807) is 6.20 Å². The van der Waals surface area contributed by atoms with E-state index in [-0.39, 0.29) is 4.59 Å². The third kappa shape index (κ3) is 3.19. The summed E-state index contributed by atoms with van der Waals surface area (Å²) in [5.41, 5.74) is 3.02. The summed E-state index contributed by atoms with van der Waals surface area (Å²) >= 11 is 0. The lowest BCUT2D eigenvalue weighted by atomic mass is 9.77. The van der Waals surface area contributed by atoms with Gasteiger partial charge in [0, 0.05) is 12.0 Å². The summed E-state index contributed by atoms with van der Waals surface area (Å²) in [5, 5.41) is 0. The van der Waals surface area contributed by atoms with Gasteiger partial charge >= 0.3 is 0 Å². The molecular formula is C24H26N5O+. The van der Waals surface area contributed by atoms with Gasteiger partial charge in [-0.2, -0.15) is 10.8 Å². The summed E-state index contributed by atoms with van der Waals surface area (Å²) in [4.78, 5) is 11.7. The molecule has 3 aliphatic rings. The van der Waals surface area contributed by atoms with E-state index < -0.39 is 0 Å². The van der Waals surface area contributed by atoms with Crippen LogP contribution < -0.4 is 10.6 Å². The number of nitrogens with zero attached hydrogens (tertiary/aromatic N) is 4. The molecule has 2 N–H and O–H groups in total. The van der Waals surface area contributed by atoms with E-state index in [2.05, 4.69) is 24.0 Å². The normalized spacial score (nSPS) is 27.1. The number of nitrogens with two attached hydrogens (primary N) is 1. The minimum Gasteiger partial charge on any atom is -0.457 e. The fraction of sp³-hybridized carbons (Fsp3) is 0.250. The minimum absolute atomic E-state index is 0.0703. The number of para-hydroxylation sites is 1. The van der Waals surface area contributed by atoms with Crippen molar-refractivity contribution in [2.75, 3.05) is 14.1 Å². The van der Waals surface area contributed by atoms with Gasteiger partial charge < -0.3 is 9.64 Å². The second kappa shape index (κ2) is 7.32. The van der Waals surface area contributed by atoms with Crippen LogP contribution in [0.1, 0.15) is 18.4 Å². The maximum Gasteiger partial charge on any atom is 0.264 e. The first-order valence-electron chi connectivity index (χ1n) is 10.3. The van der Waals surface area contributed by atoms with Gasteiger partial charge in [-0.3, -0.25) is 4.99 Å². The number of benzene rings is 2. The van der Waals surface area contributed by atoms with Gasteiger partial charge in [-0.15, -0.1) is 4.59 Å². The van der Waals surface area contributed by atoms with Gasteiger partial charge in [0.15, 0.2) is 0 Å². The molecule has 1 unspecified atom stereocenters. The smallest absolute Gasteiger partial charge is 0.264 e. The van der Waals surface area contributed by atoms with Gasteiger partial charge in [0.2, 0.25) is 5.70 Å². The average Bonchev–Trinajstić information content (AvgIpc) is 3.01. The molecule has 1 atom stereocenters. The molecule has 2 aromatic carbocycles. The van der Waals surface area contributed by atoms with Crippen LogP contribution >= 0.6 is 0 Å². The number of quaternary nitrogens is 1. The molecule has 152 valence electrons. The Morgan fingerprint density at radius 2 is 1.70 bits per heavy atom. The van der Waals surface area contributed by atoms with Crippen LogP contribution in [0.4, 0.5) is 0 Å².